The zero-order valence-electron chi connectivity index (χ0n) is 12.8. The molecular weight excluding hydrogens is 236 g/mol. The van der Waals surface area contributed by atoms with Crippen molar-refractivity contribution in [2.24, 2.45) is 17.6 Å². The lowest BCUT2D eigenvalue weighted by molar-refractivity contribution is -0.0119. The van der Waals surface area contributed by atoms with Crippen LogP contribution in [0.4, 0.5) is 0 Å². The topological polar surface area (TPSA) is 49.5 Å². The van der Waals surface area contributed by atoms with Crippen molar-refractivity contribution in [1.29, 1.82) is 0 Å². The minimum absolute atomic E-state index is 0.399. The molecule has 1 saturated carbocycles. The first-order valence-corrected chi connectivity index (χ1v) is 8.20. The largest absolute Gasteiger partial charge is 0.390 e. The Morgan fingerprint density at radius 3 is 2.58 bits per heavy atom. The molecular formula is C16H32N2O. The maximum absolute atomic E-state index is 10.0. The van der Waals surface area contributed by atoms with Crippen molar-refractivity contribution in [1.82, 2.24) is 4.90 Å². The molecule has 0 spiro atoms. The summed E-state index contributed by atoms with van der Waals surface area (Å²) in [7, 11) is 0. The molecule has 0 radical (unpaired) electrons. The summed E-state index contributed by atoms with van der Waals surface area (Å²) in [5.74, 6) is 1.58. The molecule has 3 heteroatoms. The van der Waals surface area contributed by atoms with Crippen molar-refractivity contribution in [3.8, 4) is 0 Å². The maximum atomic E-state index is 10.0. The Morgan fingerprint density at radius 2 is 1.95 bits per heavy atom. The molecule has 2 rings (SSSR count). The van der Waals surface area contributed by atoms with Gasteiger partial charge >= 0.3 is 0 Å². The van der Waals surface area contributed by atoms with Gasteiger partial charge in [-0.2, -0.15) is 0 Å². The van der Waals surface area contributed by atoms with E-state index in [0.717, 1.165) is 38.4 Å². The smallest absolute Gasteiger partial charge is 0.0644 e. The summed E-state index contributed by atoms with van der Waals surface area (Å²) >= 11 is 0. The van der Waals surface area contributed by atoms with E-state index < -0.39 is 5.60 Å². The maximum Gasteiger partial charge on any atom is 0.0644 e. The zero-order valence-corrected chi connectivity index (χ0v) is 12.8. The van der Waals surface area contributed by atoms with Crippen molar-refractivity contribution >= 4 is 0 Å². The summed E-state index contributed by atoms with van der Waals surface area (Å²) in [5, 5.41) is 10.0. The van der Waals surface area contributed by atoms with Gasteiger partial charge in [-0.25, -0.2) is 0 Å². The van der Waals surface area contributed by atoms with Crippen LogP contribution in [0.1, 0.15) is 58.8 Å². The van der Waals surface area contributed by atoms with Crippen LogP contribution in [0.3, 0.4) is 0 Å². The van der Waals surface area contributed by atoms with E-state index in [1.807, 2.05) is 6.92 Å². The van der Waals surface area contributed by atoms with Crippen LogP contribution >= 0.6 is 0 Å². The molecule has 3 N–H and O–H groups in total. The van der Waals surface area contributed by atoms with Crippen LogP contribution in [-0.4, -0.2) is 41.3 Å². The van der Waals surface area contributed by atoms with Crippen molar-refractivity contribution in [3.05, 3.63) is 0 Å². The molecule has 19 heavy (non-hydrogen) atoms. The number of likely N-dealkylation sites (tertiary alicyclic amines) is 1. The van der Waals surface area contributed by atoms with E-state index in [9.17, 15) is 5.11 Å². The first-order chi connectivity index (χ1) is 9.00. The Morgan fingerprint density at radius 1 is 1.26 bits per heavy atom. The van der Waals surface area contributed by atoms with Gasteiger partial charge in [0.1, 0.15) is 0 Å². The lowest BCUT2D eigenvalue weighted by Gasteiger charge is -2.41. The lowest BCUT2D eigenvalue weighted by Crippen LogP contribution is -2.48. The predicted octanol–water partition coefficient (Wildman–Crippen LogP) is 2.38. The van der Waals surface area contributed by atoms with E-state index in [2.05, 4.69) is 11.8 Å². The Balaban J connectivity index is 1.80. The van der Waals surface area contributed by atoms with Crippen molar-refractivity contribution in [2.45, 2.75) is 70.4 Å². The second kappa shape index (κ2) is 6.55. The number of piperidine rings is 1. The fourth-order valence-corrected chi connectivity index (χ4v) is 3.81. The Hall–Kier alpha value is -0.120. The minimum Gasteiger partial charge on any atom is -0.390 e. The molecule has 0 aromatic rings. The van der Waals surface area contributed by atoms with Crippen LogP contribution in [0.2, 0.25) is 0 Å². The van der Waals surface area contributed by atoms with Crippen LogP contribution in [0.25, 0.3) is 0 Å². The quantitative estimate of drug-likeness (QED) is 0.823. The average molecular weight is 268 g/mol. The molecule has 1 heterocycles. The molecule has 2 aliphatic rings. The fourth-order valence-electron chi connectivity index (χ4n) is 3.81. The molecule has 3 unspecified atom stereocenters. The van der Waals surface area contributed by atoms with E-state index in [1.54, 1.807) is 0 Å². The normalized spacial score (nSPS) is 36.3. The average Bonchev–Trinajstić information content (AvgIpc) is 2.36. The van der Waals surface area contributed by atoms with Gasteiger partial charge in [-0.05, 0) is 50.9 Å². The molecule has 3 nitrogen and oxygen atoms in total. The van der Waals surface area contributed by atoms with Gasteiger partial charge in [0.2, 0.25) is 0 Å². The summed E-state index contributed by atoms with van der Waals surface area (Å²) in [5.41, 5.74) is 5.90. The van der Waals surface area contributed by atoms with Crippen molar-refractivity contribution < 1.29 is 5.11 Å². The first kappa shape index (κ1) is 15.3. The molecule has 1 saturated heterocycles. The molecule has 1 aliphatic carbocycles. The molecule has 3 atom stereocenters. The summed E-state index contributed by atoms with van der Waals surface area (Å²) in [6.45, 7) is 7.48. The highest BCUT2D eigenvalue weighted by Crippen LogP contribution is 2.32. The third-order valence-electron chi connectivity index (χ3n) is 5.27. The molecule has 1 aliphatic heterocycles. The highest BCUT2D eigenvalue weighted by Gasteiger charge is 2.32. The molecule has 0 aromatic heterocycles. The number of nitrogens with zero attached hydrogens (tertiary/aromatic N) is 1. The van der Waals surface area contributed by atoms with Gasteiger partial charge in [-0.1, -0.05) is 19.8 Å². The Labute approximate surface area is 118 Å². The minimum atomic E-state index is -0.435. The molecule has 0 bridgehead atoms. The van der Waals surface area contributed by atoms with Crippen LogP contribution < -0.4 is 5.73 Å². The van der Waals surface area contributed by atoms with Crippen molar-refractivity contribution in [2.75, 3.05) is 19.6 Å². The van der Waals surface area contributed by atoms with E-state index in [0.29, 0.717) is 12.0 Å². The fraction of sp³-hybridized carbons (Fsp3) is 1.00. The van der Waals surface area contributed by atoms with Crippen LogP contribution in [-0.2, 0) is 0 Å². The van der Waals surface area contributed by atoms with Gasteiger partial charge in [0.15, 0.2) is 0 Å². The zero-order chi connectivity index (χ0) is 13.9. The summed E-state index contributed by atoms with van der Waals surface area (Å²) in [6.07, 6.45) is 8.36. The Bertz CT molecular complexity index is 270. The van der Waals surface area contributed by atoms with Gasteiger partial charge in [0, 0.05) is 25.7 Å². The van der Waals surface area contributed by atoms with Gasteiger partial charge < -0.3 is 15.7 Å². The van der Waals surface area contributed by atoms with E-state index in [1.165, 1.54) is 32.1 Å². The van der Waals surface area contributed by atoms with Gasteiger partial charge in [0.25, 0.3) is 0 Å². The monoisotopic (exact) mass is 268 g/mol. The number of hydrogen-bond donors (Lipinski definition) is 2. The second-order valence-corrected chi connectivity index (χ2v) is 7.19. The molecule has 112 valence electrons. The van der Waals surface area contributed by atoms with E-state index in [4.69, 9.17) is 5.73 Å². The van der Waals surface area contributed by atoms with Gasteiger partial charge in [0.05, 0.1) is 5.60 Å². The van der Waals surface area contributed by atoms with Crippen LogP contribution in [0.5, 0.6) is 0 Å². The number of hydrogen-bond acceptors (Lipinski definition) is 3. The first-order valence-electron chi connectivity index (χ1n) is 8.20. The Kier molecular flexibility index (Phi) is 5.27. The highest BCUT2D eigenvalue weighted by molar-refractivity contribution is 4.87. The predicted molar refractivity (Wildman–Crippen MR) is 80.0 cm³/mol. The summed E-state index contributed by atoms with van der Waals surface area (Å²) in [4.78, 5) is 2.52. The third-order valence-corrected chi connectivity index (χ3v) is 5.27. The lowest BCUT2D eigenvalue weighted by atomic mass is 9.76. The van der Waals surface area contributed by atoms with Gasteiger partial charge in [-0.15, -0.1) is 0 Å². The number of rotatable bonds is 4. The third kappa shape index (κ3) is 4.44. The van der Waals surface area contributed by atoms with E-state index in [-0.39, 0.29) is 0 Å². The van der Waals surface area contributed by atoms with Crippen molar-refractivity contribution in [3.63, 3.8) is 0 Å². The summed E-state index contributed by atoms with van der Waals surface area (Å²) < 4.78 is 0. The van der Waals surface area contributed by atoms with E-state index >= 15 is 0 Å². The molecule has 2 fully saturated rings. The molecule has 0 amide bonds. The van der Waals surface area contributed by atoms with Crippen LogP contribution in [0.15, 0.2) is 0 Å². The number of aliphatic hydroxyl groups is 1. The second-order valence-electron chi connectivity index (χ2n) is 7.19. The SMILES string of the molecule is CCCC1CCC(N)C(CN2CCC(C)(O)CC2)C1. The van der Waals surface area contributed by atoms with Gasteiger partial charge in [-0.3, -0.25) is 0 Å². The summed E-state index contributed by atoms with van der Waals surface area (Å²) in [6, 6.07) is 0.399. The molecule has 0 aromatic carbocycles. The number of nitrogens with two attached hydrogens (primary N) is 1. The standard InChI is InChI=1S/C16H32N2O/c1-3-4-13-5-6-15(17)14(11-13)12-18-9-7-16(2,19)8-10-18/h13-15,19H,3-12,17H2,1-2H3. The highest BCUT2D eigenvalue weighted by atomic mass is 16.3. The van der Waals surface area contributed by atoms with Crippen LogP contribution in [0, 0.1) is 11.8 Å².